The zero-order valence-corrected chi connectivity index (χ0v) is 20.1. The summed E-state index contributed by atoms with van der Waals surface area (Å²) in [6, 6.07) is 8.56. The first-order valence-corrected chi connectivity index (χ1v) is 12.9. The molecule has 1 aliphatic heterocycles. The number of nitrogens with zero attached hydrogens (tertiary/aromatic N) is 1. The molecule has 2 aromatic rings. The molecule has 1 saturated carbocycles. The number of halogens is 2. The molecule has 1 heterocycles. The van der Waals surface area contributed by atoms with Crippen molar-refractivity contribution in [3.8, 4) is 0 Å². The maximum absolute atomic E-state index is 13.2. The molecule has 0 atom stereocenters. The SMILES string of the molecule is Cc1c(Cl)cccc1NC(=O)CCS(=O)(=O)c1cc(Br)cc2c1N(C(=O)C1CC1)CC2. The quantitative estimate of drug-likeness (QED) is 0.601. The molecule has 2 aliphatic rings. The summed E-state index contributed by atoms with van der Waals surface area (Å²) >= 11 is 9.46. The third kappa shape index (κ3) is 4.66. The van der Waals surface area contributed by atoms with Gasteiger partial charge in [-0.1, -0.05) is 33.6 Å². The summed E-state index contributed by atoms with van der Waals surface area (Å²) < 4.78 is 27.1. The van der Waals surface area contributed by atoms with E-state index in [-0.39, 0.29) is 28.9 Å². The van der Waals surface area contributed by atoms with Crippen LogP contribution in [0.4, 0.5) is 11.4 Å². The van der Waals surface area contributed by atoms with Gasteiger partial charge in [-0.05, 0) is 61.6 Å². The van der Waals surface area contributed by atoms with Crippen molar-refractivity contribution >= 4 is 60.6 Å². The van der Waals surface area contributed by atoms with E-state index >= 15 is 0 Å². The first-order valence-electron chi connectivity index (χ1n) is 10.1. The van der Waals surface area contributed by atoms with Crippen molar-refractivity contribution in [1.82, 2.24) is 0 Å². The molecule has 0 bridgehead atoms. The molecular formula is C22H22BrClN2O4S. The Morgan fingerprint density at radius 1 is 1.26 bits per heavy atom. The minimum atomic E-state index is -3.80. The highest BCUT2D eigenvalue weighted by atomic mass is 79.9. The molecule has 0 spiro atoms. The number of benzene rings is 2. The van der Waals surface area contributed by atoms with Crippen molar-refractivity contribution in [2.75, 3.05) is 22.5 Å². The Bertz CT molecular complexity index is 1180. The maximum atomic E-state index is 13.2. The van der Waals surface area contributed by atoms with Crippen molar-refractivity contribution in [3.63, 3.8) is 0 Å². The van der Waals surface area contributed by atoms with E-state index in [4.69, 9.17) is 11.6 Å². The van der Waals surface area contributed by atoms with Crippen LogP contribution in [0.25, 0.3) is 0 Å². The van der Waals surface area contributed by atoms with Crippen LogP contribution in [0.1, 0.15) is 30.4 Å². The van der Waals surface area contributed by atoms with Gasteiger partial charge in [-0.2, -0.15) is 0 Å². The van der Waals surface area contributed by atoms with Crippen LogP contribution in [-0.2, 0) is 25.8 Å². The Morgan fingerprint density at radius 3 is 2.71 bits per heavy atom. The zero-order chi connectivity index (χ0) is 22.3. The fourth-order valence-electron chi connectivity index (χ4n) is 3.77. The largest absolute Gasteiger partial charge is 0.326 e. The van der Waals surface area contributed by atoms with Crippen molar-refractivity contribution < 1.29 is 18.0 Å². The van der Waals surface area contributed by atoms with Gasteiger partial charge in [0.1, 0.15) is 0 Å². The number of carbonyl (C=O) groups excluding carboxylic acids is 2. The van der Waals surface area contributed by atoms with E-state index in [0.29, 0.717) is 33.8 Å². The minimum absolute atomic E-state index is 0.00290. The molecule has 0 aromatic heterocycles. The van der Waals surface area contributed by atoms with Crippen LogP contribution in [0.5, 0.6) is 0 Å². The molecule has 0 saturated heterocycles. The molecule has 6 nitrogen and oxygen atoms in total. The smallest absolute Gasteiger partial charge is 0.230 e. The fourth-order valence-corrected chi connectivity index (χ4v) is 6.12. The molecule has 2 aromatic carbocycles. The molecular weight excluding hydrogens is 504 g/mol. The predicted molar refractivity (Wildman–Crippen MR) is 124 cm³/mol. The average Bonchev–Trinajstić information content (AvgIpc) is 3.48. The number of carbonyl (C=O) groups is 2. The number of nitrogens with one attached hydrogen (secondary N) is 1. The van der Waals surface area contributed by atoms with Crippen LogP contribution < -0.4 is 10.2 Å². The van der Waals surface area contributed by atoms with E-state index in [1.54, 1.807) is 30.0 Å². The topological polar surface area (TPSA) is 83.6 Å². The van der Waals surface area contributed by atoms with Crippen molar-refractivity contribution in [1.29, 1.82) is 0 Å². The van der Waals surface area contributed by atoms with Gasteiger partial charge in [-0.3, -0.25) is 9.59 Å². The first kappa shape index (κ1) is 22.3. The predicted octanol–water partition coefficient (Wildman–Crippen LogP) is 4.51. The van der Waals surface area contributed by atoms with Gasteiger partial charge in [-0.15, -0.1) is 0 Å². The number of sulfone groups is 1. The van der Waals surface area contributed by atoms with E-state index in [1.165, 1.54) is 6.07 Å². The highest BCUT2D eigenvalue weighted by Gasteiger charge is 2.39. The maximum Gasteiger partial charge on any atom is 0.230 e. The Kier molecular flexibility index (Phi) is 6.16. The fraction of sp³-hybridized carbons (Fsp3) is 0.364. The number of rotatable bonds is 6. The lowest BCUT2D eigenvalue weighted by Crippen LogP contribution is -2.31. The van der Waals surface area contributed by atoms with E-state index in [0.717, 1.165) is 24.0 Å². The molecule has 0 radical (unpaired) electrons. The summed E-state index contributed by atoms with van der Waals surface area (Å²) in [6.45, 7) is 2.27. The van der Waals surface area contributed by atoms with Gasteiger partial charge in [0.2, 0.25) is 11.8 Å². The molecule has 9 heteroatoms. The first-order chi connectivity index (χ1) is 14.7. The third-order valence-corrected chi connectivity index (χ3v) is 8.25. The van der Waals surface area contributed by atoms with E-state index < -0.39 is 15.7 Å². The average molecular weight is 526 g/mol. The van der Waals surface area contributed by atoms with E-state index in [2.05, 4.69) is 21.2 Å². The van der Waals surface area contributed by atoms with Gasteiger partial charge in [0.25, 0.3) is 0 Å². The van der Waals surface area contributed by atoms with Crippen molar-refractivity contribution in [2.45, 2.75) is 37.5 Å². The second-order valence-electron chi connectivity index (χ2n) is 7.96. The lowest BCUT2D eigenvalue weighted by Gasteiger charge is -2.21. The van der Waals surface area contributed by atoms with Crippen LogP contribution in [0.15, 0.2) is 39.7 Å². The summed E-state index contributed by atoms with van der Waals surface area (Å²) in [5.41, 5.74) is 2.59. The molecule has 1 fully saturated rings. The second kappa shape index (κ2) is 8.56. The van der Waals surface area contributed by atoms with Crippen molar-refractivity contribution in [2.24, 2.45) is 5.92 Å². The molecule has 0 unspecified atom stereocenters. The van der Waals surface area contributed by atoms with E-state index in [1.807, 2.05) is 6.07 Å². The van der Waals surface area contributed by atoms with Gasteiger partial charge in [0.15, 0.2) is 9.84 Å². The van der Waals surface area contributed by atoms with Crippen LogP contribution in [0.3, 0.4) is 0 Å². The number of hydrogen-bond acceptors (Lipinski definition) is 4. The Hall–Kier alpha value is -1.90. The number of hydrogen-bond donors (Lipinski definition) is 1. The highest BCUT2D eigenvalue weighted by molar-refractivity contribution is 9.10. The number of fused-ring (bicyclic) bond motifs is 1. The van der Waals surface area contributed by atoms with Crippen molar-refractivity contribution in [3.05, 3.63) is 51.0 Å². The second-order valence-corrected chi connectivity index (χ2v) is 11.4. The van der Waals surface area contributed by atoms with Crippen LogP contribution in [0, 0.1) is 12.8 Å². The molecule has 1 N–H and O–H groups in total. The molecule has 31 heavy (non-hydrogen) atoms. The van der Waals surface area contributed by atoms with Gasteiger partial charge < -0.3 is 10.2 Å². The Morgan fingerprint density at radius 2 is 2.00 bits per heavy atom. The summed E-state index contributed by atoms with van der Waals surface area (Å²) in [6.07, 6.45) is 2.12. The zero-order valence-electron chi connectivity index (χ0n) is 17.0. The third-order valence-electron chi connectivity index (χ3n) is 5.66. The molecule has 1 aliphatic carbocycles. The summed E-state index contributed by atoms with van der Waals surface area (Å²) in [7, 11) is -3.80. The molecule has 4 rings (SSSR count). The Balaban J connectivity index is 1.54. The lowest BCUT2D eigenvalue weighted by atomic mass is 10.2. The molecule has 2 amide bonds. The van der Waals surface area contributed by atoms with Gasteiger partial charge in [0, 0.05) is 34.1 Å². The normalized spacial score (nSPS) is 15.6. The molecule has 164 valence electrons. The van der Waals surface area contributed by atoms with Gasteiger partial charge in [-0.25, -0.2) is 8.42 Å². The van der Waals surface area contributed by atoms with Gasteiger partial charge >= 0.3 is 0 Å². The minimum Gasteiger partial charge on any atom is -0.326 e. The summed E-state index contributed by atoms with van der Waals surface area (Å²) in [5.74, 6) is -0.776. The Labute approximate surface area is 195 Å². The summed E-state index contributed by atoms with van der Waals surface area (Å²) in [4.78, 5) is 26.9. The van der Waals surface area contributed by atoms with Crippen LogP contribution in [-0.4, -0.2) is 32.5 Å². The monoisotopic (exact) mass is 524 g/mol. The van der Waals surface area contributed by atoms with Gasteiger partial charge in [0.05, 0.1) is 16.3 Å². The standard InChI is InChI=1S/C22H22BrClN2O4S/c1-13-17(24)3-2-4-18(13)25-20(27)8-10-31(29,30)19-12-16(23)11-15-7-9-26(21(15)19)22(28)14-5-6-14/h2-4,11-12,14H,5-10H2,1H3,(H,25,27). The number of anilines is 2. The summed E-state index contributed by atoms with van der Waals surface area (Å²) in [5, 5.41) is 3.25. The lowest BCUT2D eigenvalue weighted by molar-refractivity contribution is -0.119. The van der Waals surface area contributed by atoms with E-state index in [9.17, 15) is 18.0 Å². The number of amides is 2. The van der Waals surface area contributed by atoms with Crippen LogP contribution in [0.2, 0.25) is 5.02 Å². The highest BCUT2D eigenvalue weighted by Crippen LogP contribution is 2.41. The van der Waals surface area contributed by atoms with Crippen LogP contribution >= 0.6 is 27.5 Å².